The monoisotopic (exact) mass is 263 g/mol. The lowest BCUT2D eigenvalue weighted by molar-refractivity contribution is 0.0600. The highest BCUT2D eigenvalue weighted by molar-refractivity contribution is 6.32. The van der Waals surface area contributed by atoms with Crippen LogP contribution < -0.4 is 0 Å². The molecule has 1 heterocycles. The van der Waals surface area contributed by atoms with Gasteiger partial charge in [-0.25, -0.2) is 4.79 Å². The van der Waals surface area contributed by atoms with Crippen LogP contribution in [-0.4, -0.2) is 17.6 Å². The SMILES string of the molecule is COC(=O)c1ccc(Cl)c(-n2c(C)ccc2C)c1. The summed E-state index contributed by atoms with van der Waals surface area (Å²) in [5.74, 6) is -0.365. The minimum absolute atomic E-state index is 0.365. The van der Waals surface area contributed by atoms with Gasteiger partial charge in [-0.15, -0.1) is 0 Å². The molecule has 0 N–H and O–H groups in total. The van der Waals surface area contributed by atoms with Crippen LogP contribution >= 0.6 is 11.6 Å². The number of carbonyl (C=O) groups is 1. The molecule has 1 aromatic heterocycles. The van der Waals surface area contributed by atoms with Crippen LogP contribution in [-0.2, 0) is 4.74 Å². The third-order valence-electron chi connectivity index (χ3n) is 2.88. The van der Waals surface area contributed by atoms with Crippen LogP contribution in [0.5, 0.6) is 0 Å². The van der Waals surface area contributed by atoms with Crippen molar-refractivity contribution in [3.63, 3.8) is 0 Å². The van der Waals surface area contributed by atoms with Gasteiger partial charge in [0.2, 0.25) is 0 Å². The van der Waals surface area contributed by atoms with E-state index in [0.717, 1.165) is 17.1 Å². The molecule has 2 rings (SSSR count). The first-order valence-corrected chi connectivity index (χ1v) is 5.95. The number of halogens is 1. The number of nitrogens with zero attached hydrogens (tertiary/aromatic N) is 1. The average molecular weight is 264 g/mol. The van der Waals surface area contributed by atoms with Gasteiger partial charge in [-0.2, -0.15) is 0 Å². The molecule has 0 fully saturated rings. The Bertz CT molecular complexity index is 582. The number of aromatic nitrogens is 1. The quantitative estimate of drug-likeness (QED) is 0.776. The predicted octanol–water partition coefficient (Wildman–Crippen LogP) is 3.53. The van der Waals surface area contributed by atoms with Gasteiger partial charge in [0.15, 0.2) is 0 Å². The van der Waals surface area contributed by atoms with Crippen molar-refractivity contribution in [2.24, 2.45) is 0 Å². The number of benzene rings is 1. The fourth-order valence-electron chi connectivity index (χ4n) is 1.98. The third kappa shape index (κ3) is 2.14. The van der Waals surface area contributed by atoms with E-state index < -0.39 is 0 Å². The Hall–Kier alpha value is -1.74. The predicted molar refractivity (Wildman–Crippen MR) is 71.6 cm³/mol. The zero-order valence-electron chi connectivity index (χ0n) is 10.5. The highest BCUT2D eigenvalue weighted by Gasteiger charge is 2.12. The topological polar surface area (TPSA) is 31.2 Å². The molecule has 0 spiro atoms. The lowest BCUT2D eigenvalue weighted by Crippen LogP contribution is -2.05. The Morgan fingerprint density at radius 3 is 2.33 bits per heavy atom. The molecule has 0 aliphatic heterocycles. The molecule has 0 saturated heterocycles. The number of rotatable bonds is 2. The zero-order chi connectivity index (χ0) is 13.3. The van der Waals surface area contributed by atoms with E-state index in [1.165, 1.54) is 7.11 Å². The Kier molecular flexibility index (Phi) is 3.43. The van der Waals surface area contributed by atoms with Crippen LogP contribution in [0.4, 0.5) is 0 Å². The zero-order valence-corrected chi connectivity index (χ0v) is 11.3. The number of aryl methyl sites for hydroxylation is 2. The van der Waals surface area contributed by atoms with E-state index in [4.69, 9.17) is 16.3 Å². The maximum absolute atomic E-state index is 11.5. The number of ether oxygens (including phenoxy) is 1. The lowest BCUT2D eigenvalue weighted by atomic mass is 10.2. The number of hydrogen-bond donors (Lipinski definition) is 0. The highest BCUT2D eigenvalue weighted by Crippen LogP contribution is 2.25. The van der Waals surface area contributed by atoms with Crippen molar-refractivity contribution < 1.29 is 9.53 Å². The molecule has 94 valence electrons. The maximum Gasteiger partial charge on any atom is 0.337 e. The summed E-state index contributed by atoms with van der Waals surface area (Å²) in [4.78, 5) is 11.5. The summed E-state index contributed by atoms with van der Waals surface area (Å²) >= 11 is 6.21. The van der Waals surface area contributed by atoms with E-state index in [0.29, 0.717) is 10.6 Å². The summed E-state index contributed by atoms with van der Waals surface area (Å²) in [5.41, 5.74) is 3.41. The Labute approximate surface area is 111 Å². The molecular weight excluding hydrogens is 250 g/mol. The molecule has 0 bridgehead atoms. The van der Waals surface area contributed by atoms with Gasteiger partial charge >= 0.3 is 5.97 Å². The molecule has 0 aliphatic carbocycles. The van der Waals surface area contributed by atoms with Gasteiger partial charge in [-0.3, -0.25) is 0 Å². The van der Waals surface area contributed by atoms with E-state index >= 15 is 0 Å². The van der Waals surface area contributed by atoms with Crippen molar-refractivity contribution in [2.75, 3.05) is 7.11 Å². The molecule has 0 atom stereocenters. The van der Waals surface area contributed by atoms with Gasteiger partial charge in [-0.1, -0.05) is 11.6 Å². The normalized spacial score (nSPS) is 10.4. The molecule has 0 aliphatic rings. The molecule has 0 radical (unpaired) electrons. The number of esters is 1. The summed E-state index contributed by atoms with van der Waals surface area (Å²) < 4.78 is 6.73. The third-order valence-corrected chi connectivity index (χ3v) is 3.20. The second-order valence-electron chi connectivity index (χ2n) is 4.11. The Morgan fingerprint density at radius 2 is 1.78 bits per heavy atom. The minimum atomic E-state index is -0.365. The van der Waals surface area contributed by atoms with E-state index in [9.17, 15) is 4.79 Å². The average Bonchev–Trinajstić information content (AvgIpc) is 2.69. The Morgan fingerprint density at radius 1 is 1.17 bits per heavy atom. The van der Waals surface area contributed by atoms with E-state index in [2.05, 4.69) is 0 Å². The van der Waals surface area contributed by atoms with Crippen molar-refractivity contribution in [2.45, 2.75) is 13.8 Å². The molecular formula is C14H14ClNO2. The molecule has 3 nitrogen and oxygen atoms in total. The summed E-state index contributed by atoms with van der Waals surface area (Å²) in [7, 11) is 1.36. The van der Waals surface area contributed by atoms with Gasteiger partial charge in [0.05, 0.1) is 23.4 Å². The lowest BCUT2D eigenvalue weighted by Gasteiger charge is -2.12. The van der Waals surface area contributed by atoms with E-state index in [1.54, 1.807) is 18.2 Å². The first kappa shape index (κ1) is 12.7. The molecule has 0 amide bonds. The van der Waals surface area contributed by atoms with Crippen LogP contribution in [0.15, 0.2) is 30.3 Å². The number of carbonyl (C=O) groups excluding carboxylic acids is 1. The molecule has 0 saturated carbocycles. The summed E-state index contributed by atoms with van der Waals surface area (Å²) in [6, 6.07) is 9.13. The molecule has 18 heavy (non-hydrogen) atoms. The van der Waals surface area contributed by atoms with Gasteiger partial charge in [0.25, 0.3) is 0 Å². The molecule has 4 heteroatoms. The molecule has 1 aromatic carbocycles. The number of hydrogen-bond acceptors (Lipinski definition) is 2. The van der Waals surface area contributed by atoms with Gasteiger partial charge in [0, 0.05) is 11.4 Å². The smallest absolute Gasteiger partial charge is 0.337 e. The highest BCUT2D eigenvalue weighted by atomic mass is 35.5. The van der Waals surface area contributed by atoms with Crippen LogP contribution in [0.25, 0.3) is 5.69 Å². The van der Waals surface area contributed by atoms with E-state index in [-0.39, 0.29) is 5.97 Å². The fourth-order valence-corrected chi connectivity index (χ4v) is 2.18. The van der Waals surface area contributed by atoms with Crippen molar-refractivity contribution in [1.29, 1.82) is 0 Å². The fraction of sp³-hybridized carbons (Fsp3) is 0.214. The first-order valence-electron chi connectivity index (χ1n) is 5.58. The summed E-state index contributed by atoms with van der Waals surface area (Å²) in [6.45, 7) is 3.99. The maximum atomic E-state index is 11.5. The van der Waals surface area contributed by atoms with Crippen LogP contribution in [0.3, 0.4) is 0 Å². The largest absolute Gasteiger partial charge is 0.465 e. The van der Waals surface area contributed by atoms with Crippen molar-refractivity contribution in [1.82, 2.24) is 4.57 Å². The minimum Gasteiger partial charge on any atom is -0.465 e. The number of methoxy groups -OCH3 is 1. The molecule has 0 unspecified atom stereocenters. The Balaban J connectivity index is 2.60. The second kappa shape index (κ2) is 4.86. The first-order chi connectivity index (χ1) is 8.54. The second-order valence-corrected chi connectivity index (χ2v) is 4.52. The van der Waals surface area contributed by atoms with Gasteiger partial charge in [-0.05, 0) is 44.2 Å². The van der Waals surface area contributed by atoms with Gasteiger partial charge in [0.1, 0.15) is 0 Å². The summed E-state index contributed by atoms with van der Waals surface area (Å²) in [6.07, 6.45) is 0. The van der Waals surface area contributed by atoms with Gasteiger partial charge < -0.3 is 9.30 Å². The van der Waals surface area contributed by atoms with Crippen LogP contribution in [0.1, 0.15) is 21.7 Å². The molecule has 2 aromatic rings. The standard InChI is InChI=1S/C14H14ClNO2/c1-9-4-5-10(2)16(9)13-8-11(14(17)18-3)6-7-12(13)15/h4-8H,1-3H3. The van der Waals surface area contributed by atoms with Crippen molar-refractivity contribution >= 4 is 17.6 Å². The van der Waals surface area contributed by atoms with Crippen LogP contribution in [0.2, 0.25) is 5.02 Å². The van der Waals surface area contributed by atoms with Crippen molar-refractivity contribution in [3.05, 3.63) is 52.3 Å². The van der Waals surface area contributed by atoms with Crippen LogP contribution in [0, 0.1) is 13.8 Å². The van der Waals surface area contributed by atoms with E-state index in [1.807, 2.05) is 30.5 Å². The summed E-state index contributed by atoms with van der Waals surface area (Å²) in [5, 5.41) is 0.602. The van der Waals surface area contributed by atoms with Crippen molar-refractivity contribution in [3.8, 4) is 5.69 Å².